The molecule has 2 aliphatic heterocycles. The van der Waals surface area contributed by atoms with Crippen LogP contribution in [-0.4, -0.2) is 84.5 Å². The minimum absolute atomic E-state index is 0.0253. The molecule has 2 fully saturated rings. The van der Waals surface area contributed by atoms with E-state index in [1.807, 2.05) is 0 Å². The highest BCUT2D eigenvalue weighted by Crippen LogP contribution is 2.36. The van der Waals surface area contributed by atoms with Crippen molar-refractivity contribution < 1.29 is 46.5 Å². The van der Waals surface area contributed by atoms with Gasteiger partial charge in [-0.2, -0.15) is 0 Å². The number of nitrogens with zero attached hydrogens (tertiary/aromatic N) is 2. The Labute approximate surface area is 279 Å². The second kappa shape index (κ2) is 15.1. The van der Waals surface area contributed by atoms with Gasteiger partial charge >= 0.3 is 12.5 Å². The van der Waals surface area contributed by atoms with E-state index in [4.69, 9.17) is 21.1 Å². The lowest BCUT2D eigenvalue weighted by molar-refractivity contribution is -0.274. The van der Waals surface area contributed by atoms with Crippen LogP contribution in [-0.2, 0) is 20.7 Å². The Bertz CT molecular complexity index is 1580. The minimum atomic E-state index is -4.99. The van der Waals surface area contributed by atoms with Crippen LogP contribution in [0.3, 0.4) is 0 Å². The van der Waals surface area contributed by atoms with Crippen LogP contribution in [0.4, 0.5) is 28.0 Å². The number of aromatic nitrogens is 1. The topological polar surface area (TPSA) is 122 Å². The van der Waals surface area contributed by atoms with E-state index in [1.165, 1.54) is 30.5 Å². The number of carbonyl (C=O) groups is 2. The number of rotatable bonds is 10. The number of amides is 2. The van der Waals surface area contributed by atoms with Gasteiger partial charge in [0.15, 0.2) is 0 Å². The van der Waals surface area contributed by atoms with Crippen molar-refractivity contribution >= 4 is 29.3 Å². The third kappa shape index (κ3) is 8.73. The first-order valence-corrected chi connectivity index (χ1v) is 15.7. The first-order chi connectivity index (χ1) is 22.8. The Morgan fingerprint density at radius 2 is 1.90 bits per heavy atom. The lowest BCUT2D eigenvalue weighted by atomic mass is 9.83. The van der Waals surface area contributed by atoms with Crippen LogP contribution in [0.15, 0.2) is 60.9 Å². The highest BCUT2D eigenvalue weighted by Gasteiger charge is 2.40. The first kappa shape index (κ1) is 35.3. The van der Waals surface area contributed by atoms with E-state index < -0.39 is 41.9 Å². The van der Waals surface area contributed by atoms with Gasteiger partial charge in [-0.25, -0.2) is 9.18 Å². The van der Waals surface area contributed by atoms with Crippen LogP contribution in [0.1, 0.15) is 41.9 Å². The molecule has 0 unspecified atom stereocenters. The predicted molar refractivity (Wildman–Crippen MR) is 168 cm³/mol. The van der Waals surface area contributed by atoms with E-state index in [-0.39, 0.29) is 34.9 Å². The van der Waals surface area contributed by atoms with Crippen LogP contribution in [0.5, 0.6) is 5.75 Å². The van der Waals surface area contributed by atoms with Gasteiger partial charge in [-0.05, 0) is 48.2 Å². The predicted octanol–water partition coefficient (Wildman–Crippen LogP) is 5.99. The van der Waals surface area contributed by atoms with Gasteiger partial charge in [-0.3, -0.25) is 14.7 Å². The maximum atomic E-state index is 15.3. The van der Waals surface area contributed by atoms with Crippen molar-refractivity contribution in [3.63, 3.8) is 0 Å². The molecule has 0 bridgehead atoms. The Kier molecular flexibility index (Phi) is 11.1. The van der Waals surface area contributed by atoms with E-state index in [0.717, 1.165) is 43.1 Å². The highest BCUT2D eigenvalue weighted by atomic mass is 35.5. The van der Waals surface area contributed by atoms with Crippen molar-refractivity contribution in [2.24, 2.45) is 0 Å². The number of carboxylic acid groups (broad SMARTS) is 1. The number of hydrogen-bond acceptors (Lipinski definition) is 7. The molecule has 2 aromatic carbocycles. The normalized spacial score (nSPS) is 18.9. The smallest absolute Gasteiger partial charge is 0.465 e. The number of pyridine rings is 1. The summed E-state index contributed by atoms with van der Waals surface area (Å²) < 4.78 is 70.7. The molecule has 1 spiro atoms. The van der Waals surface area contributed by atoms with Crippen molar-refractivity contribution in [3.05, 3.63) is 88.5 Å². The number of alkyl halides is 3. The van der Waals surface area contributed by atoms with Crippen molar-refractivity contribution in [1.82, 2.24) is 15.2 Å². The number of hydrogen-bond donors (Lipinski definition) is 3. The van der Waals surface area contributed by atoms with Crippen LogP contribution < -0.4 is 15.4 Å². The molecule has 258 valence electrons. The van der Waals surface area contributed by atoms with Gasteiger partial charge in [-0.15, -0.1) is 13.2 Å². The zero-order chi connectivity index (χ0) is 34.5. The van der Waals surface area contributed by atoms with Gasteiger partial charge in [0.05, 0.1) is 29.8 Å². The molecule has 3 aromatic rings. The molecule has 3 atom stereocenters. The van der Waals surface area contributed by atoms with E-state index >= 15 is 4.39 Å². The first-order valence-electron chi connectivity index (χ1n) is 15.3. The third-order valence-electron chi connectivity index (χ3n) is 8.60. The fraction of sp³-hybridized carbons (Fsp3) is 0.424. The molecule has 0 radical (unpaired) electrons. The fourth-order valence-electron chi connectivity index (χ4n) is 6.23. The summed E-state index contributed by atoms with van der Waals surface area (Å²) in [4.78, 5) is 31.1. The molecule has 0 saturated carbocycles. The third-order valence-corrected chi connectivity index (χ3v) is 8.85. The molecule has 48 heavy (non-hydrogen) atoms. The summed E-state index contributed by atoms with van der Waals surface area (Å²) in [6.07, 6.45) is -2.37. The number of anilines is 1. The van der Waals surface area contributed by atoms with Gasteiger partial charge in [0.2, 0.25) is 5.91 Å². The molecular weight excluding hydrogens is 660 g/mol. The molecule has 10 nitrogen and oxygen atoms in total. The van der Waals surface area contributed by atoms with Crippen molar-refractivity contribution in [2.45, 2.75) is 55.7 Å². The molecule has 0 aliphatic carbocycles. The molecule has 1 aromatic heterocycles. The largest absolute Gasteiger partial charge is 0.573 e. The summed E-state index contributed by atoms with van der Waals surface area (Å²) in [5.41, 5.74) is 0.335. The van der Waals surface area contributed by atoms with Gasteiger partial charge in [-0.1, -0.05) is 35.9 Å². The number of halogens is 5. The average molecular weight is 695 g/mol. The molecule has 15 heteroatoms. The molecule has 2 saturated heterocycles. The molecule has 3 heterocycles. The lowest BCUT2D eigenvalue weighted by Gasteiger charge is -2.44. The van der Waals surface area contributed by atoms with Crippen molar-refractivity contribution in [1.29, 1.82) is 0 Å². The molecule has 2 amide bonds. The van der Waals surface area contributed by atoms with E-state index in [0.29, 0.717) is 43.3 Å². The Hall–Kier alpha value is -3.98. The van der Waals surface area contributed by atoms with Crippen molar-refractivity contribution in [3.8, 4) is 5.75 Å². The van der Waals surface area contributed by atoms with Crippen LogP contribution in [0.2, 0.25) is 5.02 Å². The zero-order valence-corrected chi connectivity index (χ0v) is 26.7. The second-order valence-electron chi connectivity index (χ2n) is 11.8. The number of likely N-dealkylation sites (N-methyl/N-ethyl adjacent to an activating group) is 1. The summed E-state index contributed by atoms with van der Waals surface area (Å²) in [6, 6.07) is 9.48. The summed E-state index contributed by atoms with van der Waals surface area (Å²) in [5, 5.41) is 16.4. The van der Waals surface area contributed by atoms with Crippen molar-refractivity contribution in [2.75, 3.05) is 38.7 Å². The summed E-state index contributed by atoms with van der Waals surface area (Å²) >= 11 is 6.09. The maximum absolute atomic E-state index is 15.3. The number of nitrogens with one attached hydrogen (secondary N) is 2. The number of benzene rings is 2. The monoisotopic (exact) mass is 694 g/mol. The summed E-state index contributed by atoms with van der Waals surface area (Å²) in [6.45, 7) is 2.43. The second-order valence-corrected chi connectivity index (χ2v) is 12.3. The number of carbonyl (C=O) groups excluding carboxylic acids is 1. The van der Waals surface area contributed by atoms with E-state index in [2.05, 4.69) is 20.4 Å². The molecule has 5 rings (SSSR count). The standard InChI is InChI=1S/C33H35ClF4N4O6/c1-42(31(44)45)29(28(20-5-7-22(34)8-6-20)21-3-2-4-23(15-21)48-33(36,37)38)30(43)41-27-18-39-17-26(35)25(27)10-9-24-16-40-19-32(47-24)11-13-46-14-12-32/h2-8,15,17-18,24,28-29,40H,9-14,16,19H2,1H3,(H,41,43)(H,44,45)/t24-,28+,29+/m1/s1. The van der Waals surface area contributed by atoms with Crippen LogP contribution in [0, 0.1) is 5.82 Å². The summed E-state index contributed by atoms with van der Waals surface area (Å²) in [5.74, 6) is -3.25. The lowest BCUT2D eigenvalue weighted by Crippen LogP contribution is -2.56. The Morgan fingerprint density at radius 1 is 1.17 bits per heavy atom. The summed E-state index contributed by atoms with van der Waals surface area (Å²) in [7, 11) is 1.16. The van der Waals surface area contributed by atoms with E-state index in [1.54, 1.807) is 12.1 Å². The number of ether oxygens (including phenoxy) is 3. The Balaban J connectivity index is 1.45. The zero-order valence-electron chi connectivity index (χ0n) is 25.9. The van der Waals surface area contributed by atoms with Crippen LogP contribution >= 0.6 is 11.6 Å². The van der Waals surface area contributed by atoms with Gasteiger partial charge in [0, 0.05) is 62.7 Å². The average Bonchev–Trinajstić information content (AvgIpc) is 3.03. The number of morpholine rings is 1. The SMILES string of the molecule is CN(C(=O)O)[C@H](C(=O)Nc1cncc(F)c1CC[C@@H]1CNCC2(CCOCC2)O1)[C@@H](c1ccc(Cl)cc1)c1cccc(OC(F)(F)F)c1. The molecule has 3 N–H and O–H groups in total. The highest BCUT2D eigenvalue weighted by molar-refractivity contribution is 6.30. The van der Waals surface area contributed by atoms with Gasteiger partial charge in [0.1, 0.15) is 17.6 Å². The maximum Gasteiger partial charge on any atom is 0.573 e. The van der Waals surface area contributed by atoms with Crippen LogP contribution in [0.25, 0.3) is 0 Å². The Morgan fingerprint density at radius 3 is 2.58 bits per heavy atom. The van der Waals surface area contributed by atoms with Gasteiger partial charge < -0.3 is 30.0 Å². The minimum Gasteiger partial charge on any atom is -0.465 e. The molecular formula is C33H35ClF4N4O6. The van der Waals surface area contributed by atoms with Gasteiger partial charge in [0.25, 0.3) is 0 Å². The molecule has 2 aliphatic rings. The quantitative estimate of drug-likeness (QED) is 0.221. The fourth-order valence-corrected chi connectivity index (χ4v) is 6.36. The van der Waals surface area contributed by atoms with E-state index in [9.17, 15) is 27.9 Å².